The molecule has 2 rings (SSSR count). The smallest absolute Gasteiger partial charge is 0.330 e. The molecule has 0 aliphatic heterocycles. The molecular weight excluding hydrogens is 242 g/mol. The van der Waals surface area contributed by atoms with Gasteiger partial charge in [0.25, 0.3) is 0 Å². The average molecular weight is 261 g/mol. The van der Waals surface area contributed by atoms with Gasteiger partial charge in [0, 0.05) is 5.92 Å². The van der Waals surface area contributed by atoms with Crippen LogP contribution in [0.5, 0.6) is 5.75 Å². The van der Waals surface area contributed by atoms with Crippen molar-refractivity contribution < 1.29 is 14.3 Å². The molecule has 0 saturated heterocycles. The first-order valence-electron chi connectivity index (χ1n) is 6.76. The number of carbonyl (C=O) groups is 2. The van der Waals surface area contributed by atoms with E-state index in [1.54, 1.807) is 6.07 Å². The van der Waals surface area contributed by atoms with Crippen LogP contribution in [0.2, 0.25) is 0 Å². The third kappa shape index (κ3) is 3.81. The van der Waals surface area contributed by atoms with Gasteiger partial charge in [0.05, 0.1) is 0 Å². The van der Waals surface area contributed by atoms with E-state index in [-0.39, 0.29) is 18.4 Å². The summed E-state index contributed by atoms with van der Waals surface area (Å²) in [6.45, 7) is 1.98. The molecule has 4 heteroatoms. The second-order valence-corrected chi connectivity index (χ2v) is 4.82. The fourth-order valence-corrected chi connectivity index (χ4v) is 1.97. The molecule has 0 aromatic heterocycles. The number of hydrogen-bond acceptors (Lipinski definition) is 3. The Morgan fingerprint density at radius 3 is 2.79 bits per heavy atom. The van der Waals surface area contributed by atoms with E-state index in [2.05, 4.69) is 5.32 Å². The van der Waals surface area contributed by atoms with Crippen molar-refractivity contribution in [2.75, 3.05) is 6.54 Å². The monoisotopic (exact) mass is 261 g/mol. The van der Waals surface area contributed by atoms with Gasteiger partial charge in [-0.3, -0.25) is 4.79 Å². The van der Waals surface area contributed by atoms with Crippen molar-refractivity contribution in [2.24, 2.45) is 5.92 Å². The molecule has 102 valence electrons. The lowest BCUT2D eigenvalue weighted by atomic mass is 9.85. The van der Waals surface area contributed by atoms with E-state index in [1.807, 2.05) is 25.1 Å². The lowest BCUT2D eigenvalue weighted by molar-refractivity contribution is -0.137. The number of aryl methyl sites for hydroxylation is 1. The van der Waals surface area contributed by atoms with Gasteiger partial charge in [-0.25, -0.2) is 4.79 Å². The van der Waals surface area contributed by atoms with Gasteiger partial charge >= 0.3 is 5.97 Å². The highest BCUT2D eigenvalue weighted by Crippen LogP contribution is 2.26. The van der Waals surface area contributed by atoms with E-state index in [0.29, 0.717) is 5.75 Å². The van der Waals surface area contributed by atoms with Crippen molar-refractivity contribution in [1.29, 1.82) is 0 Å². The third-order valence-electron chi connectivity index (χ3n) is 3.42. The van der Waals surface area contributed by atoms with Gasteiger partial charge in [-0.1, -0.05) is 25.5 Å². The molecule has 4 nitrogen and oxygen atoms in total. The van der Waals surface area contributed by atoms with Gasteiger partial charge in [-0.15, -0.1) is 0 Å². The molecule has 1 aliphatic carbocycles. The van der Waals surface area contributed by atoms with Crippen LogP contribution in [0.3, 0.4) is 0 Å². The molecule has 0 atom stereocenters. The zero-order chi connectivity index (χ0) is 13.7. The van der Waals surface area contributed by atoms with Crippen LogP contribution < -0.4 is 10.1 Å². The predicted molar refractivity (Wildman–Crippen MR) is 71.8 cm³/mol. The van der Waals surface area contributed by atoms with Crippen molar-refractivity contribution in [3.8, 4) is 5.75 Å². The molecule has 1 N–H and O–H groups in total. The lowest BCUT2D eigenvalue weighted by Crippen LogP contribution is -2.38. The molecule has 0 heterocycles. The first kappa shape index (κ1) is 13.6. The third-order valence-corrected chi connectivity index (χ3v) is 3.42. The summed E-state index contributed by atoms with van der Waals surface area (Å²) in [5.41, 5.74) is 1.11. The number of esters is 1. The molecule has 0 radical (unpaired) electrons. The number of nitrogens with one attached hydrogen (secondary N) is 1. The Morgan fingerprint density at radius 1 is 1.37 bits per heavy atom. The Kier molecular flexibility index (Phi) is 4.55. The SMILES string of the molecule is CCc1cccc(OC(=O)CNC(=O)C2CCC2)c1. The molecule has 1 amide bonds. The molecular formula is C15H19NO3. The quantitative estimate of drug-likeness (QED) is 0.652. The maximum absolute atomic E-state index is 11.6. The fourth-order valence-electron chi connectivity index (χ4n) is 1.97. The molecule has 0 spiro atoms. The summed E-state index contributed by atoms with van der Waals surface area (Å²) in [4.78, 5) is 23.2. The molecule has 1 aromatic rings. The number of benzene rings is 1. The van der Waals surface area contributed by atoms with E-state index < -0.39 is 5.97 Å². The predicted octanol–water partition coefficient (Wildman–Crippen LogP) is 2.07. The highest BCUT2D eigenvalue weighted by molar-refractivity contribution is 5.84. The van der Waals surface area contributed by atoms with Crippen LogP contribution in [-0.2, 0) is 16.0 Å². The zero-order valence-electron chi connectivity index (χ0n) is 11.1. The van der Waals surface area contributed by atoms with Crippen LogP contribution in [0, 0.1) is 5.92 Å². The minimum atomic E-state index is -0.430. The molecule has 0 unspecified atom stereocenters. The van der Waals surface area contributed by atoms with E-state index in [1.165, 1.54) is 0 Å². The molecule has 0 bridgehead atoms. The summed E-state index contributed by atoms with van der Waals surface area (Å²) in [7, 11) is 0. The molecule has 1 saturated carbocycles. The number of hydrogen-bond donors (Lipinski definition) is 1. The van der Waals surface area contributed by atoms with Gasteiger partial charge in [0.1, 0.15) is 12.3 Å². The topological polar surface area (TPSA) is 55.4 Å². The van der Waals surface area contributed by atoms with Crippen molar-refractivity contribution in [3.63, 3.8) is 0 Å². The van der Waals surface area contributed by atoms with Crippen LogP contribution >= 0.6 is 0 Å². The largest absolute Gasteiger partial charge is 0.425 e. The normalized spacial score (nSPS) is 14.6. The zero-order valence-corrected chi connectivity index (χ0v) is 11.1. The molecule has 19 heavy (non-hydrogen) atoms. The van der Waals surface area contributed by atoms with E-state index in [0.717, 1.165) is 31.2 Å². The Morgan fingerprint density at radius 2 is 2.16 bits per heavy atom. The summed E-state index contributed by atoms with van der Waals surface area (Å²) >= 11 is 0. The minimum Gasteiger partial charge on any atom is -0.425 e. The van der Waals surface area contributed by atoms with Crippen molar-refractivity contribution in [2.45, 2.75) is 32.6 Å². The second-order valence-electron chi connectivity index (χ2n) is 4.82. The van der Waals surface area contributed by atoms with Crippen LogP contribution in [0.15, 0.2) is 24.3 Å². The van der Waals surface area contributed by atoms with Crippen LogP contribution in [-0.4, -0.2) is 18.4 Å². The lowest BCUT2D eigenvalue weighted by Gasteiger charge is -2.23. The van der Waals surface area contributed by atoms with Crippen molar-refractivity contribution in [3.05, 3.63) is 29.8 Å². The fraction of sp³-hybridized carbons (Fsp3) is 0.467. The van der Waals surface area contributed by atoms with Gasteiger partial charge in [-0.05, 0) is 37.0 Å². The average Bonchev–Trinajstić information content (AvgIpc) is 2.34. The van der Waals surface area contributed by atoms with Crippen molar-refractivity contribution >= 4 is 11.9 Å². The number of rotatable bonds is 5. The summed E-state index contributed by atoms with van der Waals surface area (Å²) in [6.07, 6.45) is 3.86. The maximum atomic E-state index is 11.6. The second kappa shape index (κ2) is 6.36. The number of carbonyl (C=O) groups excluding carboxylic acids is 2. The molecule has 1 aromatic carbocycles. The van der Waals surface area contributed by atoms with E-state index in [9.17, 15) is 9.59 Å². The van der Waals surface area contributed by atoms with Gasteiger partial charge in [0.15, 0.2) is 0 Å². The summed E-state index contributed by atoms with van der Waals surface area (Å²) in [6, 6.07) is 7.42. The summed E-state index contributed by atoms with van der Waals surface area (Å²) < 4.78 is 5.19. The molecule has 1 aliphatic rings. The first-order chi connectivity index (χ1) is 9.19. The van der Waals surface area contributed by atoms with Crippen molar-refractivity contribution in [1.82, 2.24) is 5.32 Å². The van der Waals surface area contributed by atoms with Crippen LogP contribution in [0.4, 0.5) is 0 Å². The van der Waals surface area contributed by atoms with Gasteiger partial charge in [0.2, 0.25) is 5.91 Å². The Hall–Kier alpha value is -1.84. The molecule has 1 fully saturated rings. The highest BCUT2D eigenvalue weighted by Gasteiger charge is 2.25. The first-order valence-corrected chi connectivity index (χ1v) is 6.76. The maximum Gasteiger partial charge on any atom is 0.330 e. The van der Waals surface area contributed by atoms with Crippen LogP contribution in [0.1, 0.15) is 31.7 Å². The Bertz CT molecular complexity index is 466. The highest BCUT2D eigenvalue weighted by atomic mass is 16.5. The Balaban J connectivity index is 1.78. The standard InChI is InChI=1S/C15H19NO3/c1-2-11-5-3-8-13(9-11)19-14(17)10-16-15(18)12-6-4-7-12/h3,5,8-9,12H,2,4,6-7,10H2,1H3,(H,16,18). The number of amides is 1. The van der Waals surface area contributed by atoms with Crippen LogP contribution in [0.25, 0.3) is 0 Å². The van der Waals surface area contributed by atoms with E-state index >= 15 is 0 Å². The summed E-state index contributed by atoms with van der Waals surface area (Å²) in [5, 5.41) is 2.62. The van der Waals surface area contributed by atoms with Gasteiger partial charge < -0.3 is 10.1 Å². The number of ether oxygens (including phenoxy) is 1. The minimum absolute atomic E-state index is 0.0366. The Labute approximate surface area is 113 Å². The van der Waals surface area contributed by atoms with Gasteiger partial charge in [-0.2, -0.15) is 0 Å². The summed E-state index contributed by atoms with van der Waals surface area (Å²) in [5.74, 6) is 0.157. The van der Waals surface area contributed by atoms with E-state index in [4.69, 9.17) is 4.74 Å².